The van der Waals surface area contributed by atoms with Crippen LogP contribution in [0.25, 0.3) is 10.8 Å². The van der Waals surface area contributed by atoms with Gasteiger partial charge in [-0.1, -0.05) is 54.6 Å². The second-order valence-electron chi connectivity index (χ2n) is 4.72. The Bertz CT molecular complexity index is 754. The molecule has 3 rings (SSSR count). The fraction of sp³-hybridized carbons (Fsp3) is 0.111. The molecule has 2 nitrogen and oxygen atoms in total. The van der Waals surface area contributed by atoms with Crippen LogP contribution in [0.1, 0.15) is 5.56 Å². The summed E-state index contributed by atoms with van der Waals surface area (Å²) in [5.74, 6) is 1.47. The summed E-state index contributed by atoms with van der Waals surface area (Å²) in [4.78, 5) is 0. The number of fused-ring (bicyclic) bond motifs is 1. The number of benzene rings is 3. The maximum Gasteiger partial charge on any atom is 0.176 e. The number of halogens is 1. The van der Waals surface area contributed by atoms with E-state index in [1.54, 1.807) is 7.11 Å². The van der Waals surface area contributed by atoms with Gasteiger partial charge in [-0.05, 0) is 38.3 Å². The zero-order valence-corrected chi connectivity index (χ0v) is 13.3. The summed E-state index contributed by atoms with van der Waals surface area (Å²) in [6.45, 7) is 0.508. The van der Waals surface area contributed by atoms with Crippen LogP contribution in [0.2, 0.25) is 0 Å². The van der Waals surface area contributed by atoms with Crippen molar-refractivity contribution >= 4 is 26.7 Å². The van der Waals surface area contributed by atoms with Crippen LogP contribution in [0.15, 0.2) is 65.1 Å². The smallest absolute Gasteiger partial charge is 0.176 e. The van der Waals surface area contributed by atoms with E-state index < -0.39 is 0 Å². The van der Waals surface area contributed by atoms with Gasteiger partial charge >= 0.3 is 0 Å². The Kier molecular flexibility index (Phi) is 4.11. The Hall–Kier alpha value is -2.00. The van der Waals surface area contributed by atoms with E-state index in [0.29, 0.717) is 6.61 Å². The minimum absolute atomic E-state index is 0.508. The van der Waals surface area contributed by atoms with Gasteiger partial charge in [-0.2, -0.15) is 0 Å². The molecule has 0 saturated carbocycles. The molecular weight excluding hydrogens is 328 g/mol. The maximum absolute atomic E-state index is 5.98. The van der Waals surface area contributed by atoms with Gasteiger partial charge in [-0.25, -0.2) is 0 Å². The Morgan fingerprint density at radius 1 is 0.952 bits per heavy atom. The summed E-state index contributed by atoms with van der Waals surface area (Å²) in [6, 6.07) is 20.2. The molecule has 0 aliphatic carbocycles. The van der Waals surface area contributed by atoms with E-state index in [1.165, 1.54) is 0 Å². The van der Waals surface area contributed by atoms with E-state index in [0.717, 1.165) is 32.3 Å². The minimum Gasteiger partial charge on any atom is -0.493 e. The topological polar surface area (TPSA) is 18.5 Å². The molecular formula is C18H15BrO2. The summed E-state index contributed by atoms with van der Waals surface area (Å²) >= 11 is 3.64. The lowest BCUT2D eigenvalue weighted by atomic mass is 10.1. The highest BCUT2D eigenvalue weighted by Gasteiger charge is 2.13. The van der Waals surface area contributed by atoms with Crippen molar-refractivity contribution in [3.63, 3.8) is 0 Å². The van der Waals surface area contributed by atoms with Gasteiger partial charge in [0.15, 0.2) is 11.5 Å². The first-order valence-electron chi connectivity index (χ1n) is 6.71. The molecule has 0 atom stereocenters. The lowest BCUT2D eigenvalue weighted by Crippen LogP contribution is -1.99. The number of rotatable bonds is 4. The molecule has 0 aromatic heterocycles. The van der Waals surface area contributed by atoms with Crippen LogP contribution >= 0.6 is 15.9 Å². The molecule has 0 N–H and O–H groups in total. The molecule has 106 valence electrons. The number of methoxy groups -OCH3 is 1. The van der Waals surface area contributed by atoms with Crippen molar-refractivity contribution in [2.75, 3.05) is 7.11 Å². The van der Waals surface area contributed by atoms with Crippen molar-refractivity contribution in [2.24, 2.45) is 0 Å². The van der Waals surface area contributed by atoms with Gasteiger partial charge in [0.2, 0.25) is 0 Å². The molecule has 0 saturated heterocycles. The van der Waals surface area contributed by atoms with E-state index in [-0.39, 0.29) is 0 Å². The molecule has 0 bridgehead atoms. The second-order valence-corrected chi connectivity index (χ2v) is 5.51. The van der Waals surface area contributed by atoms with Gasteiger partial charge in [0.1, 0.15) is 6.61 Å². The molecule has 0 fully saturated rings. The summed E-state index contributed by atoms with van der Waals surface area (Å²) in [7, 11) is 1.66. The maximum atomic E-state index is 5.98. The molecule has 3 aromatic rings. The average Bonchev–Trinajstić information content (AvgIpc) is 2.55. The molecule has 3 aromatic carbocycles. The van der Waals surface area contributed by atoms with Gasteiger partial charge in [0.05, 0.1) is 11.6 Å². The first kappa shape index (κ1) is 14.0. The van der Waals surface area contributed by atoms with E-state index in [4.69, 9.17) is 9.47 Å². The van der Waals surface area contributed by atoms with E-state index in [1.807, 2.05) is 48.5 Å². The summed E-state index contributed by atoms with van der Waals surface area (Å²) in [6.07, 6.45) is 0. The highest BCUT2D eigenvalue weighted by atomic mass is 79.9. The zero-order chi connectivity index (χ0) is 14.7. The third-order valence-corrected chi connectivity index (χ3v) is 4.14. The van der Waals surface area contributed by atoms with Crippen LogP contribution in [-0.2, 0) is 6.61 Å². The van der Waals surface area contributed by atoms with E-state index in [2.05, 4.69) is 28.1 Å². The Balaban J connectivity index is 1.98. The highest BCUT2D eigenvalue weighted by molar-refractivity contribution is 9.10. The Morgan fingerprint density at radius 2 is 1.67 bits per heavy atom. The molecule has 3 heteroatoms. The van der Waals surface area contributed by atoms with Gasteiger partial charge in [0, 0.05) is 0 Å². The quantitative estimate of drug-likeness (QED) is 0.649. The van der Waals surface area contributed by atoms with Crippen LogP contribution < -0.4 is 9.47 Å². The fourth-order valence-corrected chi connectivity index (χ4v) is 2.95. The summed E-state index contributed by atoms with van der Waals surface area (Å²) in [5.41, 5.74) is 1.12. The highest BCUT2D eigenvalue weighted by Crippen LogP contribution is 2.41. The SMILES string of the molecule is COc1cc2ccccc2c(Br)c1OCc1ccccc1. The van der Waals surface area contributed by atoms with Gasteiger partial charge in [-0.15, -0.1) is 0 Å². The van der Waals surface area contributed by atoms with Crippen LogP contribution in [-0.4, -0.2) is 7.11 Å². The van der Waals surface area contributed by atoms with Crippen molar-refractivity contribution in [3.05, 3.63) is 70.7 Å². The summed E-state index contributed by atoms with van der Waals surface area (Å²) < 4.78 is 12.4. The van der Waals surface area contributed by atoms with Crippen LogP contribution in [0.3, 0.4) is 0 Å². The Labute approximate surface area is 132 Å². The van der Waals surface area contributed by atoms with Crippen LogP contribution in [0, 0.1) is 0 Å². The largest absolute Gasteiger partial charge is 0.493 e. The molecule has 0 aliphatic heterocycles. The number of hydrogen-bond acceptors (Lipinski definition) is 2. The average molecular weight is 343 g/mol. The molecule has 0 heterocycles. The number of ether oxygens (including phenoxy) is 2. The van der Waals surface area contributed by atoms with Crippen molar-refractivity contribution in [1.29, 1.82) is 0 Å². The predicted octanol–water partition coefficient (Wildman–Crippen LogP) is 5.19. The van der Waals surface area contributed by atoms with Crippen LogP contribution in [0.4, 0.5) is 0 Å². The van der Waals surface area contributed by atoms with Gasteiger partial charge < -0.3 is 9.47 Å². The lowest BCUT2D eigenvalue weighted by Gasteiger charge is -2.14. The molecule has 0 spiro atoms. The second kappa shape index (κ2) is 6.19. The van der Waals surface area contributed by atoms with Crippen molar-refractivity contribution in [1.82, 2.24) is 0 Å². The summed E-state index contributed by atoms with van der Waals surface area (Å²) in [5, 5.41) is 2.23. The molecule has 0 amide bonds. The minimum atomic E-state index is 0.508. The monoisotopic (exact) mass is 342 g/mol. The van der Waals surface area contributed by atoms with Crippen molar-refractivity contribution in [3.8, 4) is 11.5 Å². The van der Waals surface area contributed by atoms with Crippen LogP contribution in [0.5, 0.6) is 11.5 Å². The molecule has 0 radical (unpaired) electrons. The number of hydrogen-bond donors (Lipinski definition) is 0. The van der Waals surface area contributed by atoms with Crippen molar-refractivity contribution in [2.45, 2.75) is 6.61 Å². The Morgan fingerprint density at radius 3 is 2.43 bits per heavy atom. The van der Waals surface area contributed by atoms with Gasteiger partial charge in [0.25, 0.3) is 0 Å². The standard InChI is InChI=1S/C18H15BrO2/c1-20-16-11-14-9-5-6-10-15(14)17(19)18(16)21-12-13-7-3-2-4-8-13/h2-11H,12H2,1H3. The third kappa shape index (κ3) is 2.88. The van der Waals surface area contributed by atoms with Crippen molar-refractivity contribution < 1.29 is 9.47 Å². The van der Waals surface area contributed by atoms with Gasteiger partial charge in [-0.3, -0.25) is 0 Å². The fourth-order valence-electron chi connectivity index (χ4n) is 2.28. The third-order valence-electron chi connectivity index (χ3n) is 3.35. The molecule has 21 heavy (non-hydrogen) atoms. The van der Waals surface area contributed by atoms with E-state index >= 15 is 0 Å². The normalized spacial score (nSPS) is 10.6. The molecule has 0 unspecified atom stereocenters. The first-order chi connectivity index (χ1) is 10.3. The van der Waals surface area contributed by atoms with E-state index in [9.17, 15) is 0 Å². The predicted molar refractivity (Wildman–Crippen MR) is 89.0 cm³/mol. The lowest BCUT2D eigenvalue weighted by molar-refractivity contribution is 0.283. The molecule has 0 aliphatic rings. The first-order valence-corrected chi connectivity index (χ1v) is 7.51. The zero-order valence-electron chi connectivity index (χ0n) is 11.7.